The number of benzene rings is 1. The summed E-state index contributed by atoms with van der Waals surface area (Å²) in [6.45, 7) is 1.93. The maximum Gasteiger partial charge on any atom is 0.328 e. The number of amides is 3. The number of rotatable bonds is 4. The molecule has 2 heterocycles. The highest BCUT2D eigenvalue weighted by Crippen LogP contribution is 2.22. The first kappa shape index (κ1) is 18.0. The van der Waals surface area contributed by atoms with Gasteiger partial charge >= 0.3 is 12.0 Å². The van der Waals surface area contributed by atoms with Crippen LogP contribution in [0.25, 0.3) is 0 Å². The van der Waals surface area contributed by atoms with Crippen molar-refractivity contribution in [2.45, 2.75) is 44.9 Å². The van der Waals surface area contributed by atoms with E-state index < -0.39 is 17.9 Å². The molecule has 1 fully saturated rings. The van der Waals surface area contributed by atoms with Gasteiger partial charge in [-0.3, -0.25) is 4.79 Å². The van der Waals surface area contributed by atoms with Crippen LogP contribution < -0.4 is 10.6 Å². The predicted octanol–water partition coefficient (Wildman–Crippen LogP) is 0.980. The van der Waals surface area contributed by atoms with Crippen LogP contribution in [0.3, 0.4) is 0 Å². The molecule has 0 unspecified atom stereocenters. The number of hydrogen-bond acceptors (Lipinski definition) is 5. The highest BCUT2D eigenvalue weighted by Gasteiger charge is 2.36. The van der Waals surface area contributed by atoms with Crippen LogP contribution in [0.4, 0.5) is 10.5 Å². The molecule has 0 saturated heterocycles. The van der Waals surface area contributed by atoms with E-state index in [0.29, 0.717) is 22.9 Å². The molecule has 146 valence electrons. The molecule has 1 atom stereocenters. The molecule has 0 radical (unpaired) electrons. The molecule has 1 aromatic heterocycles. The van der Waals surface area contributed by atoms with Crippen molar-refractivity contribution in [3.05, 3.63) is 41.5 Å². The molecule has 1 saturated carbocycles. The molecular weight excluding hydrogens is 364 g/mol. The van der Waals surface area contributed by atoms with Gasteiger partial charge in [0.25, 0.3) is 5.91 Å². The average molecular weight is 384 g/mol. The van der Waals surface area contributed by atoms with E-state index in [9.17, 15) is 19.5 Å². The summed E-state index contributed by atoms with van der Waals surface area (Å²) in [4.78, 5) is 37.7. The number of nitrogens with zero attached hydrogens (tertiary/aromatic N) is 4. The molecule has 3 amide bonds. The van der Waals surface area contributed by atoms with Crippen molar-refractivity contribution in [3.8, 4) is 0 Å². The molecule has 1 aromatic carbocycles. The summed E-state index contributed by atoms with van der Waals surface area (Å²) in [5, 5.41) is 23.1. The maximum absolute atomic E-state index is 12.9. The van der Waals surface area contributed by atoms with Crippen LogP contribution in [-0.2, 0) is 17.9 Å². The fourth-order valence-corrected chi connectivity index (χ4v) is 3.18. The van der Waals surface area contributed by atoms with Gasteiger partial charge in [0, 0.05) is 17.3 Å². The molecule has 10 heteroatoms. The number of aryl methyl sites for hydroxylation is 1. The number of fused-ring (bicyclic) bond motifs is 1. The first-order valence-corrected chi connectivity index (χ1v) is 9.02. The minimum absolute atomic E-state index is 0.0699. The molecule has 2 aromatic rings. The van der Waals surface area contributed by atoms with E-state index in [2.05, 4.69) is 20.8 Å². The Hall–Kier alpha value is -3.43. The van der Waals surface area contributed by atoms with Crippen LogP contribution in [-0.4, -0.2) is 54.8 Å². The van der Waals surface area contributed by atoms with Crippen LogP contribution in [0.2, 0.25) is 0 Å². The van der Waals surface area contributed by atoms with Crippen molar-refractivity contribution in [3.63, 3.8) is 0 Å². The minimum Gasteiger partial charge on any atom is -0.480 e. The Morgan fingerprint density at radius 3 is 2.50 bits per heavy atom. The summed E-state index contributed by atoms with van der Waals surface area (Å²) in [5.41, 5.74) is 0.891. The molecule has 2 aliphatic rings. The van der Waals surface area contributed by atoms with Gasteiger partial charge in [-0.1, -0.05) is 0 Å². The van der Waals surface area contributed by atoms with Gasteiger partial charge in [-0.2, -0.15) is 0 Å². The van der Waals surface area contributed by atoms with Crippen molar-refractivity contribution >= 4 is 23.6 Å². The summed E-state index contributed by atoms with van der Waals surface area (Å²) in [6, 6.07) is 5.34. The number of urea groups is 1. The SMILES string of the molecule is Cc1nnc2n1C[C@@H](C(=O)O)N(C(=O)c1ccc(NC(=O)NC3CC3)cc1)C2. The van der Waals surface area contributed by atoms with Crippen molar-refractivity contribution in [2.24, 2.45) is 0 Å². The Kier molecular flexibility index (Phi) is 4.46. The lowest BCUT2D eigenvalue weighted by molar-refractivity contribution is -0.143. The third-order valence-corrected chi connectivity index (χ3v) is 4.90. The topological polar surface area (TPSA) is 129 Å². The number of aliphatic carboxylic acids is 1. The van der Waals surface area contributed by atoms with Crippen molar-refractivity contribution in [1.29, 1.82) is 0 Å². The smallest absolute Gasteiger partial charge is 0.328 e. The molecular formula is C18H20N6O4. The van der Waals surface area contributed by atoms with Crippen molar-refractivity contribution < 1.29 is 19.5 Å². The van der Waals surface area contributed by atoms with Gasteiger partial charge in [-0.05, 0) is 44.0 Å². The van der Waals surface area contributed by atoms with Crippen molar-refractivity contribution in [1.82, 2.24) is 25.0 Å². The highest BCUT2D eigenvalue weighted by atomic mass is 16.4. The Labute approximate surface area is 160 Å². The minimum atomic E-state index is -1.08. The Morgan fingerprint density at radius 1 is 1.14 bits per heavy atom. The zero-order chi connectivity index (χ0) is 19.8. The first-order valence-electron chi connectivity index (χ1n) is 9.02. The molecule has 4 rings (SSSR count). The quantitative estimate of drug-likeness (QED) is 0.721. The Balaban J connectivity index is 1.49. The van der Waals surface area contributed by atoms with Crippen LogP contribution in [0.1, 0.15) is 34.8 Å². The first-order chi connectivity index (χ1) is 13.4. The standard InChI is InChI=1S/C18H20N6O4/c1-10-21-22-15-9-24(14(17(26)27)8-23(10)15)16(25)11-2-4-12(5-3-11)19-18(28)20-13-6-7-13/h2-5,13-14H,6-9H2,1H3,(H,26,27)(H2,19,20,28)/t14-/m0/s1. The average Bonchev–Trinajstić information content (AvgIpc) is 3.41. The van der Waals surface area contributed by atoms with Crippen molar-refractivity contribution in [2.75, 3.05) is 5.32 Å². The monoisotopic (exact) mass is 384 g/mol. The lowest BCUT2D eigenvalue weighted by Crippen LogP contribution is -2.50. The van der Waals surface area contributed by atoms with Gasteiger partial charge in [0.05, 0.1) is 13.1 Å². The number of nitrogens with one attached hydrogen (secondary N) is 2. The van der Waals surface area contributed by atoms with Crippen LogP contribution >= 0.6 is 0 Å². The number of hydrogen-bond donors (Lipinski definition) is 3. The van der Waals surface area contributed by atoms with E-state index in [4.69, 9.17) is 0 Å². The summed E-state index contributed by atoms with van der Waals surface area (Å²) >= 11 is 0. The molecule has 0 spiro atoms. The second-order valence-electron chi connectivity index (χ2n) is 7.01. The number of aromatic nitrogens is 3. The summed E-state index contributed by atoms with van der Waals surface area (Å²) in [5.74, 6) is -0.318. The molecule has 3 N–H and O–H groups in total. The van der Waals surface area contributed by atoms with E-state index in [-0.39, 0.29) is 25.2 Å². The van der Waals surface area contributed by atoms with Gasteiger partial charge < -0.3 is 25.2 Å². The summed E-state index contributed by atoms with van der Waals surface area (Å²) in [7, 11) is 0. The number of carbonyl (C=O) groups is 3. The molecule has 10 nitrogen and oxygen atoms in total. The molecule has 1 aliphatic carbocycles. The van der Waals surface area contributed by atoms with Gasteiger partial charge in [-0.25, -0.2) is 9.59 Å². The zero-order valence-corrected chi connectivity index (χ0v) is 15.3. The van der Waals surface area contributed by atoms with E-state index >= 15 is 0 Å². The van der Waals surface area contributed by atoms with E-state index in [1.165, 1.54) is 4.90 Å². The van der Waals surface area contributed by atoms with E-state index in [1.807, 2.05) is 0 Å². The lowest BCUT2D eigenvalue weighted by Gasteiger charge is -2.33. The fourth-order valence-electron chi connectivity index (χ4n) is 3.18. The Morgan fingerprint density at radius 2 is 1.86 bits per heavy atom. The summed E-state index contributed by atoms with van der Waals surface area (Å²) in [6.07, 6.45) is 1.99. The number of carbonyl (C=O) groups excluding carboxylic acids is 2. The lowest BCUT2D eigenvalue weighted by atomic mass is 10.1. The third kappa shape index (κ3) is 3.53. The normalized spacial score (nSPS) is 18.3. The predicted molar refractivity (Wildman–Crippen MR) is 97.7 cm³/mol. The van der Waals surface area contributed by atoms with Crippen LogP contribution in [0.5, 0.6) is 0 Å². The number of anilines is 1. The van der Waals surface area contributed by atoms with Gasteiger partial charge in [0.1, 0.15) is 11.9 Å². The molecule has 0 bridgehead atoms. The van der Waals surface area contributed by atoms with E-state index in [1.54, 1.807) is 35.8 Å². The van der Waals surface area contributed by atoms with Gasteiger partial charge in [0.2, 0.25) is 0 Å². The third-order valence-electron chi connectivity index (χ3n) is 4.90. The molecule has 28 heavy (non-hydrogen) atoms. The summed E-state index contributed by atoms with van der Waals surface area (Å²) < 4.78 is 1.72. The van der Waals surface area contributed by atoms with Crippen LogP contribution in [0.15, 0.2) is 24.3 Å². The second-order valence-corrected chi connectivity index (χ2v) is 7.01. The second kappa shape index (κ2) is 6.95. The maximum atomic E-state index is 12.9. The van der Waals surface area contributed by atoms with Gasteiger partial charge in [0.15, 0.2) is 5.82 Å². The zero-order valence-electron chi connectivity index (χ0n) is 15.3. The Bertz CT molecular complexity index is 934. The van der Waals surface area contributed by atoms with Gasteiger partial charge in [-0.15, -0.1) is 10.2 Å². The largest absolute Gasteiger partial charge is 0.480 e. The van der Waals surface area contributed by atoms with Crippen LogP contribution in [0, 0.1) is 6.92 Å². The number of carboxylic acid groups (broad SMARTS) is 1. The fraction of sp³-hybridized carbons (Fsp3) is 0.389. The van der Waals surface area contributed by atoms with E-state index in [0.717, 1.165) is 12.8 Å². The molecule has 1 aliphatic heterocycles. The number of carboxylic acids is 1. The highest BCUT2D eigenvalue weighted by molar-refractivity contribution is 5.97.